The van der Waals surface area contributed by atoms with E-state index < -0.39 is 17.6 Å². The first-order chi connectivity index (χ1) is 13.9. The lowest BCUT2D eigenvalue weighted by Gasteiger charge is -2.09. The molecule has 0 saturated carbocycles. The third kappa shape index (κ3) is 3.67. The highest BCUT2D eigenvalue weighted by atomic mass is 19.4. The van der Waals surface area contributed by atoms with Gasteiger partial charge in [0.15, 0.2) is 0 Å². The van der Waals surface area contributed by atoms with Crippen molar-refractivity contribution >= 4 is 22.6 Å². The van der Waals surface area contributed by atoms with Crippen molar-refractivity contribution in [1.82, 2.24) is 24.7 Å². The number of aryl methyl sites for hydroxylation is 1. The molecule has 29 heavy (non-hydrogen) atoms. The predicted octanol–water partition coefficient (Wildman–Crippen LogP) is 3.76. The zero-order chi connectivity index (χ0) is 20.6. The minimum atomic E-state index is -4.50. The fourth-order valence-corrected chi connectivity index (χ4v) is 3.25. The third-order valence-electron chi connectivity index (χ3n) is 4.65. The highest BCUT2D eigenvalue weighted by Gasteiger charge is 2.31. The molecule has 0 aliphatic heterocycles. The topological polar surface area (TPSA) is 75.1 Å². The number of aromatic nitrogens is 4. The van der Waals surface area contributed by atoms with Crippen molar-refractivity contribution in [3.63, 3.8) is 0 Å². The molecule has 3 heterocycles. The highest BCUT2D eigenvalue weighted by Crippen LogP contribution is 2.30. The van der Waals surface area contributed by atoms with Crippen LogP contribution in [0.15, 0.2) is 42.6 Å². The Labute approximate surface area is 163 Å². The molecule has 0 atom stereocenters. The van der Waals surface area contributed by atoms with Crippen LogP contribution in [0.4, 0.5) is 13.2 Å². The van der Waals surface area contributed by atoms with Crippen LogP contribution in [0.5, 0.6) is 0 Å². The zero-order valence-corrected chi connectivity index (χ0v) is 15.5. The summed E-state index contributed by atoms with van der Waals surface area (Å²) in [5, 5.41) is 2.76. The molecule has 4 rings (SSSR count). The Morgan fingerprint density at radius 1 is 1.17 bits per heavy atom. The Bertz CT molecular complexity index is 1160. The van der Waals surface area contributed by atoms with Gasteiger partial charge in [-0.25, -0.2) is 9.97 Å². The zero-order valence-electron chi connectivity index (χ0n) is 15.5. The average molecular weight is 401 g/mol. The maximum atomic E-state index is 13.1. The number of aromatic amines is 1. The van der Waals surface area contributed by atoms with E-state index >= 15 is 0 Å². The lowest BCUT2D eigenvalue weighted by atomic mass is 10.2. The van der Waals surface area contributed by atoms with Gasteiger partial charge in [0.1, 0.15) is 17.2 Å². The number of amides is 1. The maximum Gasteiger partial charge on any atom is 0.417 e. The van der Waals surface area contributed by atoms with E-state index in [0.717, 1.165) is 29.1 Å². The third-order valence-corrected chi connectivity index (χ3v) is 4.65. The number of alkyl halides is 3. The summed E-state index contributed by atoms with van der Waals surface area (Å²) >= 11 is 0. The van der Waals surface area contributed by atoms with Crippen molar-refractivity contribution in [2.45, 2.75) is 25.9 Å². The van der Waals surface area contributed by atoms with Crippen LogP contribution in [0.1, 0.15) is 34.5 Å². The first-order valence-corrected chi connectivity index (χ1v) is 9.17. The van der Waals surface area contributed by atoms with Crippen molar-refractivity contribution in [2.75, 3.05) is 6.54 Å². The molecule has 0 bridgehead atoms. The molecule has 0 aliphatic rings. The number of hydrogen-bond donors (Lipinski definition) is 2. The number of halogens is 3. The number of para-hydroxylation sites is 2. The molecule has 0 aliphatic carbocycles. The van der Waals surface area contributed by atoms with Crippen molar-refractivity contribution in [3.05, 3.63) is 65.4 Å². The van der Waals surface area contributed by atoms with Crippen molar-refractivity contribution in [2.24, 2.45) is 0 Å². The number of fused-ring (bicyclic) bond motifs is 2. The number of hydrogen-bond acceptors (Lipinski definition) is 3. The van der Waals surface area contributed by atoms with Crippen LogP contribution in [0, 0.1) is 0 Å². The normalized spacial score (nSPS) is 12.0. The summed E-state index contributed by atoms with van der Waals surface area (Å²) in [5.74, 6) is 0.254. The first-order valence-electron chi connectivity index (χ1n) is 9.17. The summed E-state index contributed by atoms with van der Waals surface area (Å²) in [6.07, 6.45) is -2.70. The molecule has 0 unspecified atom stereocenters. The molecule has 0 fully saturated rings. The summed E-state index contributed by atoms with van der Waals surface area (Å²) in [5.41, 5.74) is 1.79. The van der Waals surface area contributed by atoms with E-state index in [-0.39, 0.29) is 12.2 Å². The smallest absolute Gasteiger partial charge is 0.350 e. The van der Waals surface area contributed by atoms with E-state index in [0.29, 0.717) is 24.2 Å². The molecule has 0 radical (unpaired) electrons. The summed E-state index contributed by atoms with van der Waals surface area (Å²) in [6.45, 7) is 2.09. The first kappa shape index (κ1) is 19.0. The van der Waals surface area contributed by atoms with Gasteiger partial charge in [0.2, 0.25) is 0 Å². The summed E-state index contributed by atoms with van der Waals surface area (Å²) in [6, 6.07) is 9.82. The average Bonchev–Trinajstić information content (AvgIpc) is 3.27. The standard InChI is InChI=1S/C20H18F3N5O/c1-2-13-18(28-11-12(20(21,22)23)7-8-17(28)27-13)19(29)24-10-9-16-25-14-5-3-4-6-15(14)26-16/h3-8,11H,2,9-10H2,1H3,(H,24,29)(H,25,26). The van der Waals surface area contributed by atoms with E-state index in [1.165, 1.54) is 10.5 Å². The van der Waals surface area contributed by atoms with E-state index in [2.05, 4.69) is 20.3 Å². The molecular weight excluding hydrogens is 383 g/mol. The SMILES string of the molecule is CCc1nc2ccc(C(F)(F)F)cn2c1C(=O)NCCc1nc2ccccc2[nH]1. The lowest BCUT2D eigenvalue weighted by molar-refractivity contribution is -0.137. The molecule has 2 N–H and O–H groups in total. The van der Waals surface area contributed by atoms with E-state index in [9.17, 15) is 18.0 Å². The van der Waals surface area contributed by atoms with Gasteiger partial charge < -0.3 is 10.3 Å². The number of benzene rings is 1. The second-order valence-electron chi connectivity index (χ2n) is 6.61. The Morgan fingerprint density at radius 2 is 1.97 bits per heavy atom. The Balaban J connectivity index is 1.55. The van der Waals surface area contributed by atoms with Crippen LogP contribution in [0.2, 0.25) is 0 Å². The number of rotatable bonds is 5. The van der Waals surface area contributed by atoms with Gasteiger partial charge in [-0.05, 0) is 30.7 Å². The van der Waals surface area contributed by atoms with Gasteiger partial charge in [0.05, 0.1) is 22.3 Å². The summed E-state index contributed by atoms with van der Waals surface area (Å²) in [7, 11) is 0. The molecule has 6 nitrogen and oxygen atoms in total. The lowest BCUT2D eigenvalue weighted by Crippen LogP contribution is -2.28. The number of carbonyl (C=O) groups is 1. The highest BCUT2D eigenvalue weighted by molar-refractivity contribution is 5.94. The molecule has 0 spiro atoms. The summed E-state index contributed by atoms with van der Waals surface area (Å²) in [4.78, 5) is 24.6. The van der Waals surface area contributed by atoms with Gasteiger partial charge in [-0.3, -0.25) is 9.20 Å². The van der Waals surface area contributed by atoms with E-state index in [1.54, 1.807) is 6.92 Å². The van der Waals surface area contributed by atoms with E-state index in [4.69, 9.17) is 0 Å². The minimum absolute atomic E-state index is 0.123. The number of pyridine rings is 1. The van der Waals surface area contributed by atoms with Crippen molar-refractivity contribution in [3.8, 4) is 0 Å². The predicted molar refractivity (Wildman–Crippen MR) is 102 cm³/mol. The fourth-order valence-electron chi connectivity index (χ4n) is 3.25. The summed E-state index contributed by atoms with van der Waals surface area (Å²) < 4.78 is 40.4. The number of H-pyrrole nitrogens is 1. The number of nitrogens with zero attached hydrogens (tertiary/aromatic N) is 3. The van der Waals surface area contributed by atoms with Crippen LogP contribution in [-0.4, -0.2) is 31.8 Å². The Kier molecular flexibility index (Phi) is 4.73. The Hall–Kier alpha value is -3.36. The minimum Gasteiger partial charge on any atom is -0.350 e. The van der Waals surface area contributed by atoms with Gasteiger partial charge in [0.25, 0.3) is 5.91 Å². The monoisotopic (exact) mass is 401 g/mol. The molecule has 4 aromatic rings. The molecule has 3 aromatic heterocycles. The number of nitrogens with one attached hydrogen (secondary N) is 2. The Morgan fingerprint density at radius 3 is 2.69 bits per heavy atom. The van der Waals surface area contributed by atoms with Gasteiger partial charge >= 0.3 is 6.18 Å². The van der Waals surface area contributed by atoms with Crippen molar-refractivity contribution in [1.29, 1.82) is 0 Å². The van der Waals surface area contributed by atoms with Gasteiger partial charge in [-0.2, -0.15) is 13.2 Å². The molecule has 1 amide bonds. The molecular formula is C20H18F3N5O. The molecule has 150 valence electrons. The second kappa shape index (κ2) is 7.23. The maximum absolute atomic E-state index is 13.1. The molecule has 0 saturated heterocycles. The van der Waals surface area contributed by atoms with Gasteiger partial charge in [0, 0.05) is 19.2 Å². The number of imidazole rings is 2. The van der Waals surface area contributed by atoms with Crippen LogP contribution in [0.3, 0.4) is 0 Å². The van der Waals surface area contributed by atoms with Crippen LogP contribution in [0.25, 0.3) is 16.7 Å². The largest absolute Gasteiger partial charge is 0.417 e. The second-order valence-corrected chi connectivity index (χ2v) is 6.61. The van der Waals surface area contributed by atoms with Crippen molar-refractivity contribution < 1.29 is 18.0 Å². The van der Waals surface area contributed by atoms with Gasteiger partial charge in [-0.1, -0.05) is 19.1 Å². The molecule has 9 heteroatoms. The molecule has 1 aromatic carbocycles. The quantitative estimate of drug-likeness (QED) is 0.535. The van der Waals surface area contributed by atoms with Gasteiger partial charge in [-0.15, -0.1) is 0 Å². The number of carbonyl (C=O) groups excluding carboxylic acids is 1. The fraction of sp³-hybridized carbons (Fsp3) is 0.250. The van der Waals surface area contributed by atoms with E-state index in [1.807, 2.05) is 24.3 Å². The van der Waals surface area contributed by atoms with Crippen LogP contribution in [-0.2, 0) is 19.0 Å². The van der Waals surface area contributed by atoms with Crippen LogP contribution >= 0.6 is 0 Å². The van der Waals surface area contributed by atoms with Crippen LogP contribution < -0.4 is 5.32 Å².